The van der Waals surface area contributed by atoms with E-state index in [9.17, 15) is 14.0 Å². The molecule has 0 aliphatic rings. The van der Waals surface area contributed by atoms with Crippen molar-refractivity contribution in [2.45, 2.75) is 13.0 Å². The number of rotatable bonds is 5. The molecule has 0 fully saturated rings. The molecule has 2 aromatic rings. The highest BCUT2D eigenvalue weighted by molar-refractivity contribution is 5.88. The summed E-state index contributed by atoms with van der Waals surface area (Å²) in [7, 11) is 0. The van der Waals surface area contributed by atoms with Gasteiger partial charge in [-0.15, -0.1) is 0 Å². The number of benzene rings is 1. The molecule has 1 N–H and O–H groups in total. The van der Waals surface area contributed by atoms with Crippen molar-refractivity contribution in [2.75, 3.05) is 6.61 Å². The van der Waals surface area contributed by atoms with Crippen molar-refractivity contribution in [3.63, 3.8) is 0 Å². The van der Waals surface area contributed by atoms with Gasteiger partial charge in [0.15, 0.2) is 6.61 Å². The van der Waals surface area contributed by atoms with Crippen LogP contribution in [-0.2, 0) is 9.53 Å². The lowest BCUT2D eigenvalue weighted by Crippen LogP contribution is -2.31. The van der Waals surface area contributed by atoms with Crippen LogP contribution in [0, 0.1) is 5.82 Å². The van der Waals surface area contributed by atoms with Gasteiger partial charge in [-0.05, 0) is 36.8 Å². The number of carbonyl (C=O) groups excluding carboxylic acids is 2. The zero-order valence-electron chi connectivity index (χ0n) is 11.3. The van der Waals surface area contributed by atoms with E-state index in [-0.39, 0.29) is 17.6 Å². The molecular formula is C15H14FNO4. The molecule has 5 nitrogen and oxygen atoms in total. The van der Waals surface area contributed by atoms with E-state index < -0.39 is 18.5 Å². The Morgan fingerprint density at radius 1 is 1.29 bits per heavy atom. The van der Waals surface area contributed by atoms with Crippen molar-refractivity contribution in [3.8, 4) is 0 Å². The van der Waals surface area contributed by atoms with Crippen molar-refractivity contribution >= 4 is 11.9 Å². The number of esters is 1. The third-order valence-corrected chi connectivity index (χ3v) is 2.80. The Labute approximate surface area is 120 Å². The maximum absolute atomic E-state index is 12.8. The Morgan fingerprint density at radius 3 is 2.62 bits per heavy atom. The number of hydrogen-bond donors (Lipinski definition) is 1. The first-order valence-corrected chi connectivity index (χ1v) is 6.31. The van der Waals surface area contributed by atoms with Gasteiger partial charge >= 0.3 is 5.97 Å². The van der Waals surface area contributed by atoms with Gasteiger partial charge in [0.25, 0.3) is 5.91 Å². The summed E-state index contributed by atoms with van der Waals surface area (Å²) in [6.45, 7) is 1.34. The predicted octanol–water partition coefficient (Wildman–Crippen LogP) is 2.45. The minimum Gasteiger partial charge on any atom is -0.457 e. The maximum atomic E-state index is 12.8. The van der Waals surface area contributed by atoms with Crippen LogP contribution in [0.5, 0.6) is 0 Å². The van der Waals surface area contributed by atoms with Gasteiger partial charge in [-0.3, -0.25) is 4.79 Å². The number of nitrogens with one attached hydrogen (secondary N) is 1. The molecule has 1 aromatic heterocycles. The first kappa shape index (κ1) is 14.8. The maximum Gasteiger partial charge on any atom is 0.374 e. The molecule has 1 heterocycles. The molecule has 0 spiro atoms. The van der Waals surface area contributed by atoms with Crippen molar-refractivity contribution in [1.82, 2.24) is 5.32 Å². The molecule has 1 amide bonds. The normalized spacial score (nSPS) is 11.7. The van der Waals surface area contributed by atoms with Crippen molar-refractivity contribution in [3.05, 3.63) is 59.8 Å². The van der Waals surface area contributed by atoms with E-state index in [0.717, 1.165) is 5.56 Å². The van der Waals surface area contributed by atoms with Crippen LogP contribution in [0.25, 0.3) is 0 Å². The second-order valence-electron chi connectivity index (χ2n) is 4.39. The molecular weight excluding hydrogens is 277 g/mol. The predicted molar refractivity (Wildman–Crippen MR) is 71.9 cm³/mol. The molecule has 0 aliphatic carbocycles. The molecule has 1 aromatic carbocycles. The van der Waals surface area contributed by atoms with Gasteiger partial charge in [-0.1, -0.05) is 12.1 Å². The average molecular weight is 291 g/mol. The Kier molecular flexibility index (Phi) is 4.71. The van der Waals surface area contributed by atoms with E-state index >= 15 is 0 Å². The molecule has 2 rings (SSSR count). The molecule has 110 valence electrons. The van der Waals surface area contributed by atoms with Gasteiger partial charge < -0.3 is 14.5 Å². The third-order valence-electron chi connectivity index (χ3n) is 2.80. The van der Waals surface area contributed by atoms with Crippen molar-refractivity contribution in [2.24, 2.45) is 0 Å². The third kappa shape index (κ3) is 4.17. The van der Waals surface area contributed by atoms with Gasteiger partial charge in [0.1, 0.15) is 5.82 Å². The minimum atomic E-state index is -0.704. The van der Waals surface area contributed by atoms with Crippen LogP contribution >= 0.6 is 0 Å². The number of ether oxygens (including phenoxy) is 1. The summed E-state index contributed by atoms with van der Waals surface area (Å²) >= 11 is 0. The highest BCUT2D eigenvalue weighted by Crippen LogP contribution is 2.12. The summed E-state index contributed by atoms with van der Waals surface area (Å²) < 4.78 is 22.4. The lowest BCUT2D eigenvalue weighted by Gasteiger charge is -2.14. The van der Waals surface area contributed by atoms with Crippen LogP contribution in [0.2, 0.25) is 0 Å². The van der Waals surface area contributed by atoms with E-state index in [4.69, 9.17) is 9.15 Å². The van der Waals surface area contributed by atoms with E-state index in [0.29, 0.717) is 0 Å². The highest BCUT2D eigenvalue weighted by atomic mass is 19.1. The van der Waals surface area contributed by atoms with E-state index in [1.165, 1.54) is 24.5 Å². The molecule has 21 heavy (non-hydrogen) atoms. The van der Waals surface area contributed by atoms with Crippen LogP contribution in [-0.4, -0.2) is 18.5 Å². The lowest BCUT2D eigenvalue weighted by molar-refractivity contribution is -0.124. The molecule has 0 saturated carbocycles. The van der Waals surface area contributed by atoms with E-state index in [1.807, 2.05) is 0 Å². The number of halogens is 1. The van der Waals surface area contributed by atoms with Crippen LogP contribution in [0.3, 0.4) is 0 Å². The van der Waals surface area contributed by atoms with Gasteiger partial charge in [-0.2, -0.15) is 0 Å². The van der Waals surface area contributed by atoms with Crippen LogP contribution < -0.4 is 5.32 Å². The fraction of sp³-hybridized carbons (Fsp3) is 0.200. The topological polar surface area (TPSA) is 68.5 Å². The van der Waals surface area contributed by atoms with Crippen LogP contribution in [0.4, 0.5) is 4.39 Å². The molecule has 0 unspecified atom stereocenters. The van der Waals surface area contributed by atoms with E-state index in [1.54, 1.807) is 25.1 Å². The monoisotopic (exact) mass is 291 g/mol. The Bertz CT molecular complexity index is 607. The Morgan fingerprint density at radius 2 is 2.00 bits per heavy atom. The summed E-state index contributed by atoms with van der Waals surface area (Å²) in [5, 5.41) is 2.65. The minimum absolute atomic E-state index is 0.0365. The van der Waals surface area contributed by atoms with Gasteiger partial charge in [0.2, 0.25) is 5.76 Å². The number of amides is 1. The average Bonchev–Trinajstić information content (AvgIpc) is 2.99. The van der Waals surface area contributed by atoms with Gasteiger partial charge in [-0.25, -0.2) is 9.18 Å². The SMILES string of the molecule is C[C@@H](NC(=O)COC(=O)c1ccco1)c1ccc(F)cc1. The summed E-state index contributed by atoms with van der Waals surface area (Å²) in [5.74, 6) is -1.46. The van der Waals surface area contributed by atoms with Crippen LogP contribution in [0.1, 0.15) is 29.1 Å². The summed E-state index contributed by atoms with van der Waals surface area (Å²) in [5.41, 5.74) is 0.752. The number of carbonyl (C=O) groups is 2. The zero-order valence-corrected chi connectivity index (χ0v) is 11.3. The quantitative estimate of drug-likeness (QED) is 0.859. The second kappa shape index (κ2) is 6.69. The molecule has 0 radical (unpaired) electrons. The summed E-state index contributed by atoms with van der Waals surface area (Å²) in [4.78, 5) is 23.1. The Hall–Kier alpha value is -2.63. The molecule has 0 saturated heterocycles. The highest BCUT2D eigenvalue weighted by Gasteiger charge is 2.14. The fourth-order valence-corrected chi connectivity index (χ4v) is 1.71. The number of hydrogen-bond acceptors (Lipinski definition) is 4. The van der Waals surface area contributed by atoms with Crippen molar-refractivity contribution in [1.29, 1.82) is 0 Å². The summed E-state index contributed by atoms with van der Waals surface area (Å²) in [6, 6.07) is 8.46. The lowest BCUT2D eigenvalue weighted by atomic mass is 10.1. The van der Waals surface area contributed by atoms with Crippen LogP contribution in [0.15, 0.2) is 47.1 Å². The largest absolute Gasteiger partial charge is 0.457 e. The molecule has 0 aliphatic heterocycles. The Balaban J connectivity index is 1.81. The summed E-state index contributed by atoms with van der Waals surface area (Å²) in [6.07, 6.45) is 1.34. The smallest absolute Gasteiger partial charge is 0.374 e. The van der Waals surface area contributed by atoms with Gasteiger partial charge in [0.05, 0.1) is 12.3 Å². The van der Waals surface area contributed by atoms with Crippen molar-refractivity contribution < 1.29 is 23.1 Å². The van der Waals surface area contributed by atoms with Gasteiger partial charge in [0, 0.05) is 0 Å². The zero-order chi connectivity index (χ0) is 15.2. The fourth-order valence-electron chi connectivity index (χ4n) is 1.71. The van der Waals surface area contributed by atoms with E-state index in [2.05, 4.69) is 5.32 Å². The number of furan rings is 1. The second-order valence-corrected chi connectivity index (χ2v) is 4.39. The molecule has 6 heteroatoms. The first-order valence-electron chi connectivity index (χ1n) is 6.31. The molecule has 1 atom stereocenters. The molecule has 0 bridgehead atoms. The first-order chi connectivity index (χ1) is 10.1. The standard InChI is InChI=1S/C15H14FNO4/c1-10(11-4-6-12(16)7-5-11)17-14(18)9-21-15(19)13-3-2-8-20-13/h2-8,10H,9H2,1H3,(H,17,18)/t10-/m1/s1.